The van der Waals surface area contributed by atoms with Crippen LogP contribution in [0.25, 0.3) is 0 Å². The zero-order valence-electron chi connectivity index (χ0n) is 8.69. The lowest BCUT2D eigenvalue weighted by Gasteiger charge is -2.13. The molecule has 1 fully saturated rings. The summed E-state index contributed by atoms with van der Waals surface area (Å²) in [5.41, 5.74) is 5.21. The minimum Gasteiger partial charge on any atom is -0.368 e. The van der Waals surface area contributed by atoms with Crippen LogP contribution in [0.15, 0.2) is 9.98 Å². The van der Waals surface area contributed by atoms with Crippen molar-refractivity contribution in [3.05, 3.63) is 0 Å². The van der Waals surface area contributed by atoms with E-state index in [4.69, 9.17) is 5.73 Å². The molecule has 16 heavy (non-hydrogen) atoms. The number of hydrogen-bond donors (Lipinski definition) is 3. The zero-order chi connectivity index (χ0) is 11.5. The zero-order valence-corrected chi connectivity index (χ0v) is 8.69. The number of carbonyl (C=O) groups is 2. The molecule has 0 aromatic heterocycles. The molecule has 0 aromatic rings. The van der Waals surface area contributed by atoms with E-state index in [0.29, 0.717) is 0 Å². The van der Waals surface area contributed by atoms with Gasteiger partial charge in [0.25, 0.3) is 5.91 Å². The molecule has 1 saturated heterocycles. The van der Waals surface area contributed by atoms with Crippen LogP contribution < -0.4 is 16.4 Å². The molecule has 0 saturated carbocycles. The van der Waals surface area contributed by atoms with Gasteiger partial charge in [0, 0.05) is 12.6 Å². The summed E-state index contributed by atoms with van der Waals surface area (Å²) in [4.78, 5) is 30.4. The van der Waals surface area contributed by atoms with Crippen molar-refractivity contribution in [1.82, 2.24) is 10.6 Å². The van der Waals surface area contributed by atoms with Gasteiger partial charge >= 0.3 is 0 Å². The molecule has 2 rings (SSSR count). The minimum absolute atomic E-state index is 0.0192. The Hall–Kier alpha value is -1.76. The van der Waals surface area contributed by atoms with Crippen molar-refractivity contribution in [1.29, 1.82) is 0 Å². The number of ketones is 1. The molecule has 0 bridgehead atoms. The van der Waals surface area contributed by atoms with Crippen molar-refractivity contribution in [2.75, 3.05) is 19.6 Å². The van der Waals surface area contributed by atoms with Crippen LogP contribution in [0.1, 0.15) is 6.42 Å². The number of amides is 1. The molecule has 86 valence electrons. The van der Waals surface area contributed by atoms with Crippen LogP contribution in [0.3, 0.4) is 0 Å². The number of nitrogens with one attached hydrogen (secondary N) is 2. The van der Waals surface area contributed by atoms with Gasteiger partial charge in [0.2, 0.25) is 11.7 Å². The van der Waals surface area contributed by atoms with Gasteiger partial charge in [-0.15, -0.1) is 0 Å². The highest BCUT2D eigenvalue weighted by molar-refractivity contribution is 6.67. The maximum Gasteiger partial charge on any atom is 0.274 e. The fraction of sp³-hybridized carbons (Fsp3) is 0.556. The normalized spacial score (nSPS) is 25.0. The Kier molecular flexibility index (Phi) is 2.95. The van der Waals surface area contributed by atoms with Gasteiger partial charge in [0.15, 0.2) is 5.71 Å². The Morgan fingerprint density at radius 1 is 1.56 bits per heavy atom. The van der Waals surface area contributed by atoms with Gasteiger partial charge in [-0.2, -0.15) is 0 Å². The molecule has 1 unspecified atom stereocenters. The van der Waals surface area contributed by atoms with Gasteiger partial charge in [0.1, 0.15) is 6.54 Å². The molecule has 7 nitrogen and oxygen atoms in total. The summed E-state index contributed by atoms with van der Waals surface area (Å²) >= 11 is 0. The Bertz CT molecular complexity index is 381. The summed E-state index contributed by atoms with van der Waals surface area (Å²) in [7, 11) is 0. The van der Waals surface area contributed by atoms with Crippen LogP contribution >= 0.6 is 0 Å². The lowest BCUT2D eigenvalue weighted by Crippen LogP contribution is -2.45. The van der Waals surface area contributed by atoms with Crippen LogP contribution in [-0.4, -0.2) is 49.0 Å². The van der Waals surface area contributed by atoms with E-state index in [9.17, 15) is 9.59 Å². The molecular formula is C9H13N5O2. The quantitative estimate of drug-likeness (QED) is 0.493. The number of rotatable bonds is 2. The van der Waals surface area contributed by atoms with Crippen LogP contribution in [-0.2, 0) is 9.59 Å². The summed E-state index contributed by atoms with van der Waals surface area (Å²) in [6, 6.07) is 0.0584. The van der Waals surface area contributed by atoms with E-state index in [0.717, 1.165) is 19.5 Å². The number of Topliss-reactive ketones (excluding diaryl/α,β-unsaturated/α-hetero) is 1. The van der Waals surface area contributed by atoms with Crippen molar-refractivity contribution < 1.29 is 9.59 Å². The van der Waals surface area contributed by atoms with Crippen molar-refractivity contribution >= 4 is 23.4 Å². The molecule has 2 heterocycles. The smallest absolute Gasteiger partial charge is 0.274 e. The molecule has 1 atom stereocenters. The average Bonchev–Trinajstić information content (AvgIpc) is 2.74. The summed E-state index contributed by atoms with van der Waals surface area (Å²) in [5, 5.41) is 5.85. The minimum atomic E-state index is -0.462. The number of guanidine groups is 1. The molecule has 0 aliphatic carbocycles. The highest BCUT2D eigenvalue weighted by atomic mass is 16.2. The second-order valence-electron chi connectivity index (χ2n) is 3.72. The standard InChI is InChI=1S/C9H13N5O2/c10-9-12-4-6(15)7(14-9)8(16)13-5-1-2-11-3-5/h5,11H,1-4H2,(H2,10,12)(H,13,16). The summed E-state index contributed by atoms with van der Waals surface area (Å²) in [6.07, 6.45) is 0.858. The topological polar surface area (TPSA) is 109 Å². The SMILES string of the molecule is NC1=NCC(=O)C(C(=O)NC2CCNC2)=N1. The lowest BCUT2D eigenvalue weighted by molar-refractivity contribution is -0.117. The van der Waals surface area contributed by atoms with Crippen LogP contribution in [0.2, 0.25) is 0 Å². The Balaban J connectivity index is 2.03. The molecule has 1 amide bonds. The van der Waals surface area contributed by atoms with Crippen molar-refractivity contribution in [2.24, 2.45) is 15.7 Å². The van der Waals surface area contributed by atoms with E-state index in [-0.39, 0.29) is 24.3 Å². The summed E-state index contributed by atoms with van der Waals surface area (Å²) in [6.45, 7) is 1.49. The van der Waals surface area contributed by atoms with Gasteiger partial charge in [0.05, 0.1) is 0 Å². The predicted octanol–water partition coefficient (Wildman–Crippen LogP) is -2.20. The van der Waals surface area contributed by atoms with Gasteiger partial charge in [-0.3, -0.25) is 9.59 Å². The second kappa shape index (κ2) is 4.40. The predicted molar refractivity (Wildman–Crippen MR) is 58.3 cm³/mol. The van der Waals surface area contributed by atoms with Gasteiger partial charge in [-0.05, 0) is 13.0 Å². The van der Waals surface area contributed by atoms with E-state index in [2.05, 4.69) is 20.6 Å². The largest absolute Gasteiger partial charge is 0.368 e. The van der Waals surface area contributed by atoms with Crippen molar-refractivity contribution in [3.8, 4) is 0 Å². The third kappa shape index (κ3) is 2.25. The maximum absolute atomic E-state index is 11.7. The van der Waals surface area contributed by atoms with Crippen molar-refractivity contribution in [3.63, 3.8) is 0 Å². The lowest BCUT2D eigenvalue weighted by atomic mass is 10.2. The Labute approximate surface area is 92.2 Å². The number of nitrogens with zero attached hydrogens (tertiary/aromatic N) is 2. The van der Waals surface area contributed by atoms with Gasteiger partial charge < -0.3 is 16.4 Å². The fourth-order valence-corrected chi connectivity index (χ4v) is 1.65. The molecule has 2 aliphatic heterocycles. The van der Waals surface area contributed by atoms with E-state index in [1.807, 2.05) is 0 Å². The van der Waals surface area contributed by atoms with Crippen LogP contribution in [0.4, 0.5) is 0 Å². The van der Waals surface area contributed by atoms with Gasteiger partial charge in [-0.1, -0.05) is 0 Å². The first kappa shape index (κ1) is 10.7. The monoisotopic (exact) mass is 223 g/mol. The summed E-state index contributed by atoms with van der Waals surface area (Å²) < 4.78 is 0. The highest BCUT2D eigenvalue weighted by Crippen LogP contribution is 1.99. The molecular weight excluding hydrogens is 210 g/mol. The fourth-order valence-electron chi connectivity index (χ4n) is 1.65. The first-order chi connectivity index (χ1) is 7.66. The molecule has 4 N–H and O–H groups in total. The first-order valence-electron chi connectivity index (χ1n) is 5.10. The molecule has 2 aliphatic rings. The molecule has 7 heteroatoms. The van der Waals surface area contributed by atoms with Crippen LogP contribution in [0, 0.1) is 0 Å². The molecule has 0 aromatic carbocycles. The van der Waals surface area contributed by atoms with Crippen molar-refractivity contribution in [2.45, 2.75) is 12.5 Å². The molecule has 0 spiro atoms. The highest BCUT2D eigenvalue weighted by Gasteiger charge is 2.26. The molecule has 0 radical (unpaired) electrons. The average molecular weight is 223 g/mol. The van der Waals surface area contributed by atoms with E-state index < -0.39 is 11.7 Å². The second-order valence-corrected chi connectivity index (χ2v) is 3.72. The van der Waals surface area contributed by atoms with E-state index in [1.54, 1.807) is 0 Å². The van der Waals surface area contributed by atoms with Gasteiger partial charge in [-0.25, -0.2) is 9.98 Å². The van der Waals surface area contributed by atoms with E-state index >= 15 is 0 Å². The third-order valence-electron chi connectivity index (χ3n) is 2.49. The maximum atomic E-state index is 11.7. The first-order valence-corrected chi connectivity index (χ1v) is 5.10. The number of nitrogens with two attached hydrogens (primary N) is 1. The van der Waals surface area contributed by atoms with E-state index in [1.165, 1.54) is 0 Å². The Morgan fingerprint density at radius 3 is 3.06 bits per heavy atom. The Morgan fingerprint density at radius 2 is 2.38 bits per heavy atom. The number of carbonyl (C=O) groups excluding carboxylic acids is 2. The number of hydrogen-bond acceptors (Lipinski definition) is 6. The third-order valence-corrected chi connectivity index (χ3v) is 2.49. The van der Waals surface area contributed by atoms with Crippen LogP contribution in [0.5, 0.6) is 0 Å². The summed E-state index contributed by atoms with van der Waals surface area (Å²) in [5.74, 6) is -0.872. The number of aliphatic imine (C=N–C) groups is 2.